The van der Waals surface area contributed by atoms with E-state index in [2.05, 4.69) is 85.2 Å². The van der Waals surface area contributed by atoms with Gasteiger partial charge in [0.15, 0.2) is 0 Å². The van der Waals surface area contributed by atoms with Crippen molar-refractivity contribution in [1.82, 2.24) is 0 Å². The molecule has 0 N–H and O–H groups in total. The average Bonchev–Trinajstić information content (AvgIpc) is 2.52. The first kappa shape index (κ1) is 13.2. The van der Waals surface area contributed by atoms with Gasteiger partial charge in [0, 0.05) is 5.40 Å². The Morgan fingerprint density at radius 1 is 0.619 bits per heavy atom. The highest BCUT2D eigenvalue weighted by Crippen LogP contribution is 2.39. The molecule has 0 heterocycles. The Labute approximate surface area is 129 Å². The molecule has 0 amide bonds. The van der Waals surface area contributed by atoms with Crippen LogP contribution in [-0.4, -0.2) is 0 Å². The maximum Gasteiger partial charge on any atom is 0.0135 e. The van der Waals surface area contributed by atoms with Gasteiger partial charge in [-0.25, -0.2) is 0 Å². The van der Waals surface area contributed by atoms with Crippen molar-refractivity contribution in [2.75, 3.05) is 0 Å². The van der Waals surface area contributed by atoms with E-state index in [4.69, 9.17) is 0 Å². The maximum absolute atomic E-state index is 2.89. The summed E-state index contributed by atoms with van der Waals surface area (Å²) in [6.45, 7) is 0. The molecule has 2 unspecified atom stereocenters. The second-order valence-corrected chi connectivity index (χ2v) is 7.66. The molecule has 0 aliphatic rings. The first-order valence-corrected chi connectivity index (χ1v) is 8.43. The summed E-state index contributed by atoms with van der Waals surface area (Å²) in [7, 11) is 5.77. The summed E-state index contributed by atoms with van der Waals surface area (Å²) in [5.74, 6) is 0. The molecule has 2 atom stereocenters. The minimum absolute atomic E-state index is 0.366. The Bertz CT molecular complexity index is 971. The average molecular weight is 306 g/mol. The van der Waals surface area contributed by atoms with Crippen LogP contribution in [0.2, 0.25) is 0 Å². The van der Waals surface area contributed by atoms with Crippen molar-refractivity contribution in [3.63, 3.8) is 0 Å². The molecule has 21 heavy (non-hydrogen) atoms. The number of benzene rings is 4. The number of rotatable bonds is 1. The van der Waals surface area contributed by atoms with E-state index in [0.717, 1.165) is 0 Å². The van der Waals surface area contributed by atoms with Gasteiger partial charge in [-0.15, -0.1) is 18.5 Å². The molecule has 0 saturated carbocycles. The van der Waals surface area contributed by atoms with Gasteiger partial charge in [0.25, 0.3) is 0 Å². The fourth-order valence-corrected chi connectivity index (χ4v) is 3.66. The Morgan fingerprint density at radius 3 is 2.05 bits per heavy atom. The lowest BCUT2D eigenvalue weighted by Gasteiger charge is -2.13. The second-order valence-electron chi connectivity index (χ2n) is 5.46. The molecule has 0 bridgehead atoms. The molecule has 0 fully saturated rings. The Balaban J connectivity index is 2.24. The summed E-state index contributed by atoms with van der Waals surface area (Å²) in [6.07, 6.45) is 0. The zero-order valence-electron chi connectivity index (χ0n) is 11.6. The van der Waals surface area contributed by atoms with Gasteiger partial charge in [-0.3, -0.25) is 0 Å². The normalized spacial score (nSPS) is 11.8. The van der Waals surface area contributed by atoms with Crippen molar-refractivity contribution >= 4 is 50.8 Å². The lowest BCUT2D eigenvalue weighted by Crippen LogP contribution is -1.86. The van der Waals surface area contributed by atoms with Crippen LogP contribution in [0.1, 0.15) is 11.0 Å². The van der Waals surface area contributed by atoms with Crippen molar-refractivity contribution < 1.29 is 0 Å². The van der Waals surface area contributed by atoms with Crippen LogP contribution in [0.5, 0.6) is 0 Å². The number of hydrogen-bond donors (Lipinski definition) is 0. The lowest BCUT2D eigenvalue weighted by molar-refractivity contribution is 1.44. The van der Waals surface area contributed by atoms with E-state index in [1.54, 1.807) is 0 Å². The largest absolute Gasteiger partial charge is 0.126 e. The van der Waals surface area contributed by atoms with Crippen molar-refractivity contribution in [3.8, 4) is 0 Å². The summed E-state index contributed by atoms with van der Waals surface area (Å²) in [5.41, 5.74) is 1.36. The summed E-state index contributed by atoms with van der Waals surface area (Å²) in [6, 6.07) is 24.2. The molecule has 0 aromatic heterocycles. The third-order valence-electron chi connectivity index (χ3n) is 4.12. The fraction of sp³-hybridized carbons (Fsp3) is 0.0526. The molecule has 2 heteroatoms. The van der Waals surface area contributed by atoms with Gasteiger partial charge in [0.1, 0.15) is 0 Å². The van der Waals surface area contributed by atoms with E-state index < -0.39 is 0 Å². The lowest BCUT2D eigenvalue weighted by atomic mass is 9.96. The summed E-state index contributed by atoms with van der Waals surface area (Å²) in [4.78, 5) is 0. The third kappa shape index (κ3) is 2.15. The fourth-order valence-electron chi connectivity index (χ4n) is 3.11. The molecule has 0 aliphatic carbocycles. The van der Waals surface area contributed by atoms with Crippen molar-refractivity contribution in [1.29, 1.82) is 0 Å². The van der Waals surface area contributed by atoms with Gasteiger partial charge in [-0.05, 0) is 50.0 Å². The topological polar surface area (TPSA) is 0 Å². The predicted molar refractivity (Wildman–Crippen MR) is 101 cm³/mol. The molecule has 0 nitrogen and oxygen atoms in total. The molecule has 0 aliphatic heterocycles. The zero-order valence-corrected chi connectivity index (χ0v) is 13.9. The van der Waals surface area contributed by atoms with E-state index >= 15 is 0 Å². The van der Waals surface area contributed by atoms with Crippen LogP contribution in [0, 0.1) is 0 Å². The Kier molecular flexibility index (Phi) is 3.18. The highest BCUT2D eigenvalue weighted by atomic mass is 31.1. The van der Waals surface area contributed by atoms with Crippen molar-refractivity contribution in [2.45, 2.75) is 5.40 Å². The van der Waals surface area contributed by atoms with E-state index in [0.29, 0.717) is 5.40 Å². The van der Waals surface area contributed by atoms with Crippen LogP contribution >= 0.6 is 18.5 Å². The van der Waals surface area contributed by atoms with Crippen LogP contribution in [0.4, 0.5) is 0 Å². The molecule has 0 saturated heterocycles. The summed E-state index contributed by atoms with van der Waals surface area (Å²) >= 11 is 0. The summed E-state index contributed by atoms with van der Waals surface area (Å²) in [5, 5.41) is 8.30. The molecule has 0 radical (unpaired) electrons. The van der Waals surface area contributed by atoms with Gasteiger partial charge in [0.2, 0.25) is 0 Å². The van der Waals surface area contributed by atoms with E-state index in [-0.39, 0.29) is 0 Å². The molecule has 4 aromatic rings. The van der Waals surface area contributed by atoms with Crippen LogP contribution < -0.4 is 0 Å². The van der Waals surface area contributed by atoms with E-state index in [9.17, 15) is 0 Å². The Morgan fingerprint density at radius 2 is 1.29 bits per heavy atom. The van der Waals surface area contributed by atoms with E-state index in [1.807, 2.05) is 0 Å². The highest BCUT2D eigenvalue weighted by molar-refractivity contribution is 7.37. The SMILES string of the molecule is PC(P)c1cccc2ccc3cc4ccccc4cc3c12. The standard InChI is InChI=1S/C19H16P2/c20-19(21)16-7-3-6-12-8-9-15-10-13-4-1-2-5-14(13)11-17(15)18(12)16/h1-11,19H,20-21H2. The Hall–Kier alpha value is -1.48. The molecule has 0 spiro atoms. The number of hydrogen-bond acceptors (Lipinski definition) is 0. The van der Waals surface area contributed by atoms with Crippen molar-refractivity contribution in [3.05, 3.63) is 72.3 Å². The minimum atomic E-state index is 0.366. The first-order valence-electron chi connectivity index (χ1n) is 7.09. The minimum Gasteiger partial charge on any atom is -0.126 e. The molecule has 4 rings (SSSR count). The van der Waals surface area contributed by atoms with E-state index in [1.165, 1.54) is 37.9 Å². The van der Waals surface area contributed by atoms with Gasteiger partial charge in [0.05, 0.1) is 0 Å². The maximum atomic E-state index is 2.89. The number of fused-ring (bicyclic) bond motifs is 4. The smallest absolute Gasteiger partial charge is 0.0135 e. The highest BCUT2D eigenvalue weighted by Gasteiger charge is 2.09. The molecular formula is C19H16P2. The van der Waals surface area contributed by atoms with Crippen molar-refractivity contribution in [2.24, 2.45) is 0 Å². The van der Waals surface area contributed by atoms with Crippen LogP contribution in [0.3, 0.4) is 0 Å². The summed E-state index contributed by atoms with van der Waals surface area (Å²) < 4.78 is 0. The van der Waals surface area contributed by atoms with Gasteiger partial charge in [-0.2, -0.15) is 0 Å². The zero-order chi connectivity index (χ0) is 14.4. The van der Waals surface area contributed by atoms with Crippen LogP contribution in [0.25, 0.3) is 32.3 Å². The monoisotopic (exact) mass is 306 g/mol. The quantitative estimate of drug-likeness (QED) is 0.233. The molecular weight excluding hydrogens is 290 g/mol. The predicted octanol–water partition coefficient (Wildman–Crippen LogP) is 5.90. The first-order chi connectivity index (χ1) is 10.2. The third-order valence-corrected chi connectivity index (χ3v) is 4.84. The molecule has 4 aromatic carbocycles. The van der Waals surface area contributed by atoms with Gasteiger partial charge < -0.3 is 0 Å². The second kappa shape index (κ2) is 5.06. The molecule has 102 valence electrons. The van der Waals surface area contributed by atoms with Crippen LogP contribution in [0.15, 0.2) is 66.7 Å². The van der Waals surface area contributed by atoms with Gasteiger partial charge in [-0.1, -0.05) is 54.6 Å². The van der Waals surface area contributed by atoms with Gasteiger partial charge >= 0.3 is 0 Å². The van der Waals surface area contributed by atoms with Crippen LogP contribution in [-0.2, 0) is 0 Å².